The van der Waals surface area contributed by atoms with Gasteiger partial charge in [-0.15, -0.1) is 0 Å². The maximum Gasteiger partial charge on any atom is 0.266 e. The number of anilines is 1. The summed E-state index contributed by atoms with van der Waals surface area (Å²) in [5.74, 6) is -0.852. The number of hydrogen-bond donors (Lipinski definition) is 0. The molecule has 0 unspecified atom stereocenters. The molecule has 5 heteroatoms. The van der Waals surface area contributed by atoms with E-state index in [0.29, 0.717) is 29.9 Å². The summed E-state index contributed by atoms with van der Waals surface area (Å²) >= 11 is 0. The fraction of sp³-hybridized carbons (Fsp3) is 0.192. The molecule has 0 fully saturated rings. The van der Waals surface area contributed by atoms with Crippen molar-refractivity contribution in [2.45, 2.75) is 26.8 Å². The predicted octanol–water partition coefficient (Wildman–Crippen LogP) is 4.30. The highest BCUT2D eigenvalue weighted by Gasteiger charge is 2.38. The average molecular weight is 410 g/mol. The standard InChI is InChI=1S/C26H22N2O3/c1-16-7-8-17(2)23(13-16)28-25(30)21-10-9-19(14-22(21)26(28)31)24(29)27-12-11-18-5-3-4-6-20(18)15-27/h3-10,13-14H,11-12,15H2,1-2H3. The molecule has 0 atom stereocenters. The van der Waals surface area contributed by atoms with Crippen molar-refractivity contribution in [1.29, 1.82) is 0 Å². The van der Waals surface area contributed by atoms with E-state index in [9.17, 15) is 14.4 Å². The summed E-state index contributed by atoms with van der Waals surface area (Å²) in [7, 11) is 0. The Morgan fingerprint density at radius 2 is 1.58 bits per heavy atom. The van der Waals surface area contributed by atoms with Gasteiger partial charge in [0.1, 0.15) is 0 Å². The molecule has 0 saturated carbocycles. The molecule has 0 aromatic heterocycles. The van der Waals surface area contributed by atoms with Crippen LogP contribution in [-0.4, -0.2) is 29.2 Å². The van der Waals surface area contributed by atoms with Gasteiger partial charge in [0, 0.05) is 18.7 Å². The molecule has 5 rings (SSSR count). The van der Waals surface area contributed by atoms with Crippen LogP contribution in [0, 0.1) is 13.8 Å². The molecule has 2 aliphatic rings. The smallest absolute Gasteiger partial charge is 0.266 e. The molecule has 0 radical (unpaired) electrons. The van der Waals surface area contributed by atoms with Gasteiger partial charge in [0.05, 0.1) is 16.8 Å². The molecule has 3 amide bonds. The van der Waals surface area contributed by atoms with E-state index in [1.165, 1.54) is 10.5 Å². The van der Waals surface area contributed by atoms with E-state index in [4.69, 9.17) is 0 Å². The third-order valence-electron chi connectivity index (χ3n) is 6.16. The lowest BCUT2D eigenvalue weighted by molar-refractivity contribution is 0.0734. The van der Waals surface area contributed by atoms with Crippen molar-refractivity contribution in [3.8, 4) is 0 Å². The maximum absolute atomic E-state index is 13.2. The Balaban J connectivity index is 1.46. The third kappa shape index (κ3) is 3.13. The van der Waals surface area contributed by atoms with Gasteiger partial charge in [0.15, 0.2) is 0 Å². The van der Waals surface area contributed by atoms with Crippen LogP contribution in [0.1, 0.15) is 53.3 Å². The minimum absolute atomic E-state index is 0.122. The lowest BCUT2D eigenvalue weighted by Crippen LogP contribution is -2.36. The minimum atomic E-state index is -0.382. The second kappa shape index (κ2) is 7.20. The maximum atomic E-state index is 13.2. The summed E-state index contributed by atoms with van der Waals surface area (Å²) in [6, 6.07) is 18.7. The first kappa shape index (κ1) is 19.2. The number of hydrogen-bond acceptors (Lipinski definition) is 3. The van der Waals surface area contributed by atoms with Crippen LogP contribution >= 0.6 is 0 Å². The van der Waals surface area contributed by atoms with Crippen molar-refractivity contribution in [2.24, 2.45) is 0 Å². The number of aryl methyl sites for hydroxylation is 2. The van der Waals surface area contributed by atoms with Crippen molar-refractivity contribution in [3.05, 3.63) is 99.6 Å². The molecule has 2 heterocycles. The number of amides is 3. The molecule has 154 valence electrons. The van der Waals surface area contributed by atoms with Crippen LogP contribution in [0.4, 0.5) is 5.69 Å². The van der Waals surface area contributed by atoms with Gasteiger partial charge >= 0.3 is 0 Å². The number of carbonyl (C=O) groups is 3. The summed E-state index contributed by atoms with van der Waals surface area (Å²) in [5, 5.41) is 0. The Morgan fingerprint density at radius 1 is 0.839 bits per heavy atom. The van der Waals surface area contributed by atoms with Crippen LogP contribution in [0.15, 0.2) is 60.7 Å². The largest absolute Gasteiger partial charge is 0.334 e. The molecule has 3 aromatic carbocycles. The van der Waals surface area contributed by atoms with E-state index in [0.717, 1.165) is 23.1 Å². The fourth-order valence-electron chi connectivity index (χ4n) is 4.40. The van der Waals surface area contributed by atoms with Crippen LogP contribution in [0.3, 0.4) is 0 Å². The molecule has 2 aliphatic heterocycles. The van der Waals surface area contributed by atoms with Gasteiger partial charge in [0.25, 0.3) is 17.7 Å². The third-order valence-corrected chi connectivity index (χ3v) is 6.16. The number of carbonyl (C=O) groups excluding carboxylic acids is 3. The number of rotatable bonds is 2. The lowest BCUT2D eigenvalue weighted by atomic mass is 9.98. The van der Waals surface area contributed by atoms with E-state index < -0.39 is 0 Å². The quantitative estimate of drug-likeness (QED) is 0.592. The zero-order valence-corrected chi connectivity index (χ0v) is 17.5. The van der Waals surface area contributed by atoms with Crippen molar-refractivity contribution < 1.29 is 14.4 Å². The highest BCUT2D eigenvalue weighted by Crippen LogP contribution is 2.32. The zero-order chi connectivity index (χ0) is 21.7. The Hall–Kier alpha value is -3.73. The zero-order valence-electron chi connectivity index (χ0n) is 17.5. The second-order valence-corrected chi connectivity index (χ2v) is 8.24. The van der Waals surface area contributed by atoms with Gasteiger partial charge in [-0.1, -0.05) is 36.4 Å². The molecule has 0 spiro atoms. The van der Waals surface area contributed by atoms with Crippen molar-refractivity contribution in [2.75, 3.05) is 11.4 Å². The number of nitrogens with zero attached hydrogens (tertiary/aromatic N) is 2. The topological polar surface area (TPSA) is 57.7 Å². The number of fused-ring (bicyclic) bond motifs is 2. The van der Waals surface area contributed by atoms with Crippen molar-refractivity contribution >= 4 is 23.4 Å². The van der Waals surface area contributed by atoms with Gasteiger partial charge in [-0.05, 0) is 66.8 Å². The Kier molecular flexibility index (Phi) is 4.47. The highest BCUT2D eigenvalue weighted by molar-refractivity contribution is 6.35. The van der Waals surface area contributed by atoms with Gasteiger partial charge < -0.3 is 4.90 Å². The lowest BCUT2D eigenvalue weighted by Gasteiger charge is -2.29. The van der Waals surface area contributed by atoms with Crippen LogP contribution in [-0.2, 0) is 13.0 Å². The first-order chi connectivity index (χ1) is 14.9. The van der Waals surface area contributed by atoms with E-state index in [-0.39, 0.29) is 23.3 Å². The molecule has 0 bridgehead atoms. The van der Waals surface area contributed by atoms with Crippen molar-refractivity contribution in [3.63, 3.8) is 0 Å². The van der Waals surface area contributed by atoms with Gasteiger partial charge in [0.2, 0.25) is 0 Å². The monoisotopic (exact) mass is 410 g/mol. The first-order valence-corrected chi connectivity index (χ1v) is 10.4. The van der Waals surface area contributed by atoms with Gasteiger partial charge in [-0.2, -0.15) is 0 Å². The molecular formula is C26H22N2O3. The SMILES string of the molecule is Cc1ccc(C)c(N2C(=O)c3ccc(C(=O)N4CCc5ccccc5C4)cc3C2=O)c1. The molecular weight excluding hydrogens is 388 g/mol. The number of benzene rings is 3. The van der Waals surface area contributed by atoms with Crippen LogP contribution in [0.2, 0.25) is 0 Å². The Morgan fingerprint density at radius 3 is 2.39 bits per heavy atom. The van der Waals surface area contributed by atoms with Gasteiger partial charge in [-0.25, -0.2) is 4.90 Å². The molecule has 0 saturated heterocycles. The normalized spacial score (nSPS) is 15.2. The van der Waals surface area contributed by atoms with Crippen LogP contribution in [0.25, 0.3) is 0 Å². The van der Waals surface area contributed by atoms with E-state index in [1.807, 2.05) is 50.2 Å². The summed E-state index contributed by atoms with van der Waals surface area (Å²) in [6.07, 6.45) is 0.810. The summed E-state index contributed by atoms with van der Waals surface area (Å²) in [6.45, 7) is 4.98. The van der Waals surface area contributed by atoms with E-state index >= 15 is 0 Å². The summed E-state index contributed by atoms with van der Waals surface area (Å²) in [4.78, 5) is 42.4. The minimum Gasteiger partial charge on any atom is -0.334 e. The predicted molar refractivity (Wildman–Crippen MR) is 118 cm³/mol. The average Bonchev–Trinajstić information content (AvgIpc) is 3.04. The van der Waals surface area contributed by atoms with E-state index in [1.54, 1.807) is 23.1 Å². The van der Waals surface area contributed by atoms with Crippen LogP contribution in [0.5, 0.6) is 0 Å². The first-order valence-electron chi connectivity index (χ1n) is 10.4. The Labute approximate surface area is 180 Å². The molecule has 5 nitrogen and oxygen atoms in total. The second-order valence-electron chi connectivity index (χ2n) is 8.24. The number of imide groups is 1. The van der Waals surface area contributed by atoms with E-state index in [2.05, 4.69) is 6.07 Å². The van der Waals surface area contributed by atoms with Gasteiger partial charge in [-0.3, -0.25) is 14.4 Å². The summed E-state index contributed by atoms with van der Waals surface area (Å²) in [5.41, 5.74) is 5.89. The fourth-order valence-corrected chi connectivity index (χ4v) is 4.40. The highest BCUT2D eigenvalue weighted by atomic mass is 16.2. The molecule has 0 N–H and O–H groups in total. The molecule has 0 aliphatic carbocycles. The molecule has 3 aromatic rings. The molecule has 31 heavy (non-hydrogen) atoms. The summed E-state index contributed by atoms with van der Waals surface area (Å²) < 4.78 is 0. The van der Waals surface area contributed by atoms with Crippen molar-refractivity contribution in [1.82, 2.24) is 4.90 Å². The Bertz CT molecular complexity index is 1260. The van der Waals surface area contributed by atoms with Crippen LogP contribution < -0.4 is 4.90 Å².